The summed E-state index contributed by atoms with van der Waals surface area (Å²) < 4.78 is 0. The van der Waals surface area contributed by atoms with Gasteiger partial charge < -0.3 is 10.8 Å². The third-order valence-corrected chi connectivity index (χ3v) is 4.00. The Morgan fingerprint density at radius 2 is 2.29 bits per heavy atom. The maximum atomic E-state index is 9.49. The van der Waals surface area contributed by atoms with Gasteiger partial charge >= 0.3 is 0 Å². The third kappa shape index (κ3) is 2.45. The van der Waals surface area contributed by atoms with Crippen LogP contribution in [0.2, 0.25) is 0 Å². The summed E-state index contributed by atoms with van der Waals surface area (Å²) in [5, 5.41) is 9.49. The van der Waals surface area contributed by atoms with Crippen LogP contribution in [-0.2, 0) is 0 Å². The molecule has 0 amide bonds. The van der Waals surface area contributed by atoms with E-state index in [1.54, 1.807) is 0 Å². The van der Waals surface area contributed by atoms with Gasteiger partial charge in [-0.25, -0.2) is 0 Å². The molecule has 2 rings (SSSR count). The minimum absolute atomic E-state index is 0.244. The molecule has 0 spiro atoms. The largest absolute Gasteiger partial charge is 0.399 e. The lowest BCUT2D eigenvalue weighted by Gasteiger charge is -2.31. The van der Waals surface area contributed by atoms with Crippen LogP contribution in [0.4, 0.5) is 5.69 Å². The van der Waals surface area contributed by atoms with Crippen molar-refractivity contribution in [1.29, 1.82) is 0 Å². The standard InChI is InChI=1S/C14H22N2O/c1-10-6-7-16(14(10)9-17)11(2)12-4-3-5-13(15)8-12/h3-5,8,10-11,14,17H,6-7,9,15H2,1-2H3. The van der Waals surface area contributed by atoms with Crippen molar-refractivity contribution in [2.45, 2.75) is 32.4 Å². The molecule has 3 atom stereocenters. The molecule has 1 aromatic rings. The first-order valence-electron chi connectivity index (χ1n) is 6.35. The predicted octanol–water partition coefficient (Wildman–Crippen LogP) is 2.03. The van der Waals surface area contributed by atoms with Crippen LogP contribution in [0.3, 0.4) is 0 Å². The number of aliphatic hydroxyl groups excluding tert-OH is 1. The molecular formula is C14H22N2O. The Bertz CT molecular complexity index is 380. The second kappa shape index (κ2) is 5.07. The van der Waals surface area contributed by atoms with Crippen molar-refractivity contribution in [3.8, 4) is 0 Å². The molecule has 17 heavy (non-hydrogen) atoms. The summed E-state index contributed by atoms with van der Waals surface area (Å²) in [5.41, 5.74) is 7.86. The van der Waals surface area contributed by atoms with E-state index in [4.69, 9.17) is 5.73 Å². The zero-order valence-electron chi connectivity index (χ0n) is 10.6. The summed E-state index contributed by atoms with van der Waals surface area (Å²) in [7, 11) is 0. The van der Waals surface area contributed by atoms with Crippen molar-refractivity contribution in [3.05, 3.63) is 29.8 Å². The van der Waals surface area contributed by atoms with Crippen LogP contribution in [0.1, 0.15) is 31.9 Å². The van der Waals surface area contributed by atoms with Gasteiger partial charge in [0, 0.05) is 17.8 Å². The van der Waals surface area contributed by atoms with Gasteiger partial charge in [0.25, 0.3) is 0 Å². The zero-order valence-corrected chi connectivity index (χ0v) is 10.6. The predicted molar refractivity (Wildman–Crippen MR) is 70.6 cm³/mol. The quantitative estimate of drug-likeness (QED) is 0.787. The number of nitrogens with zero attached hydrogens (tertiary/aromatic N) is 1. The number of hydrogen-bond donors (Lipinski definition) is 2. The van der Waals surface area contributed by atoms with Gasteiger partial charge in [-0.1, -0.05) is 19.1 Å². The van der Waals surface area contributed by atoms with Gasteiger partial charge in [-0.2, -0.15) is 0 Å². The summed E-state index contributed by atoms with van der Waals surface area (Å²) in [5.74, 6) is 0.573. The summed E-state index contributed by atoms with van der Waals surface area (Å²) >= 11 is 0. The third-order valence-electron chi connectivity index (χ3n) is 4.00. The number of nitrogen functional groups attached to an aromatic ring is 1. The molecule has 0 radical (unpaired) electrons. The van der Waals surface area contributed by atoms with Crippen LogP contribution in [0.25, 0.3) is 0 Å². The number of hydrogen-bond acceptors (Lipinski definition) is 3. The Morgan fingerprint density at radius 3 is 2.94 bits per heavy atom. The van der Waals surface area contributed by atoms with Crippen molar-refractivity contribution in [2.24, 2.45) is 5.92 Å². The summed E-state index contributed by atoms with van der Waals surface area (Å²) in [6, 6.07) is 8.65. The van der Waals surface area contributed by atoms with Crippen LogP contribution in [0, 0.1) is 5.92 Å². The first-order valence-corrected chi connectivity index (χ1v) is 6.35. The number of benzene rings is 1. The number of nitrogens with two attached hydrogens (primary N) is 1. The van der Waals surface area contributed by atoms with Crippen molar-refractivity contribution in [1.82, 2.24) is 4.90 Å². The molecule has 3 N–H and O–H groups in total. The molecule has 0 aromatic heterocycles. The van der Waals surface area contributed by atoms with E-state index in [0.29, 0.717) is 12.0 Å². The molecule has 94 valence electrons. The number of likely N-dealkylation sites (tertiary alicyclic amines) is 1. The van der Waals surface area contributed by atoms with Crippen LogP contribution >= 0.6 is 0 Å². The number of aliphatic hydroxyl groups is 1. The zero-order chi connectivity index (χ0) is 12.4. The Morgan fingerprint density at radius 1 is 1.53 bits per heavy atom. The topological polar surface area (TPSA) is 49.5 Å². The maximum absolute atomic E-state index is 9.49. The summed E-state index contributed by atoms with van der Waals surface area (Å²) in [4.78, 5) is 2.39. The van der Waals surface area contributed by atoms with Gasteiger partial charge in [-0.15, -0.1) is 0 Å². The lowest BCUT2D eigenvalue weighted by atomic mass is 10.0. The van der Waals surface area contributed by atoms with E-state index in [9.17, 15) is 5.11 Å². The molecule has 1 aromatic carbocycles. The van der Waals surface area contributed by atoms with Gasteiger partial charge in [0.05, 0.1) is 6.61 Å². The maximum Gasteiger partial charge on any atom is 0.0589 e. The summed E-state index contributed by atoms with van der Waals surface area (Å²) in [6.45, 7) is 5.71. The van der Waals surface area contributed by atoms with Crippen LogP contribution in [0.5, 0.6) is 0 Å². The normalized spacial score (nSPS) is 27.2. The highest BCUT2D eigenvalue weighted by Gasteiger charge is 2.33. The van der Waals surface area contributed by atoms with Gasteiger partial charge in [-0.3, -0.25) is 4.90 Å². The second-order valence-corrected chi connectivity index (χ2v) is 5.10. The van der Waals surface area contributed by atoms with E-state index in [-0.39, 0.29) is 12.6 Å². The molecule has 1 heterocycles. The minimum Gasteiger partial charge on any atom is -0.399 e. The first-order chi connectivity index (χ1) is 8.13. The molecule has 0 bridgehead atoms. The molecule has 0 aliphatic carbocycles. The fourth-order valence-corrected chi connectivity index (χ4v) is 2.81. The van der Waals surface area contributed by atoms with E-state index in [1.807, 2.05) is 18.2 Å². The van der Waals surface area contributed by atoms with Gasteiger partial charge in [0.1, 0.15) is 0 Å². The highest BCUT2D eigenvalue weighted by atomic mass is 16.3. The molecule has 1 saturated heterocycles. The number of anilines is 1. The lowest BCUT2D eigenvalue weighted by molar-refractivity contribution is 0.109. The second-order valence-electron chi connectivity index (χ2n) is 5.10. The van der Waals surface area contributed by atoms with Crippen LogP contribution in [0.15, 0.2) is 24.3 Å². The SMILES string of the molecule is CC1CCN(C(C)c2cccc(N)c2)C1CO. The average Bonchev–Trinajstić information content (AvgIpc) is 2.69. The van der Waals surface area contributed by atoms with Crippen molar-refractivity contribution in [2.75, 3.05) is 18.9 Å². The van der Waals surface area contributed by atoms with Crippen LogP contribution < -0.4 is 5.73 Å². The fraction of sp³-hybridized carbons (Fsp3) is 0.571. The highest BCUT2D eigenvalue weighted by molar-refractivity contribution is 5.41. The van der Waals surface area contributed by atoms with E-state index >= 15 is 0 Å². The Labute approximate surface area is 103 Å². The van der Waals surface area contributed by atoms with Gasteiger partial charge in [0.2, 0.25) is 0 Å². The van der Waals surface area contributed by atoms with Gasteiger partial charge in [0.15, 0.2) is 0 Å². The minimum atomic E-state index is 0.244. The Kier molecular flexibility index (Phi) is 3.69. The lowest BCUT2D eigenvalue weighted by Crippen LogP contribution is -2.37. The molecule has 1 fully saturated rings. The summed E-state index contributed by atoms with van der Waals surface area (Å²) in [6.07, 6.45) is 1.16. The van der Waals surface area contributed by atoms with Gasteiger partial charge in [-0.05, 0) is 43.5 Å². The molecule has 3 nitrogen and oxygen atoms in total. The van der Waals surface area contributed by atoms with E-state index < -0.39 is 0 Å². The van der Waals surface area contributed by atoms with Crippen molar-refractivity contribution >= 4 is 5.69 Å². The monoisotopic (exact) mass is 234 g/mol. The molecule has 1 aliphatic rings. The van der Waals surface area contributed by atoms with Crippen molar-refractivity contribution in [3.63, 3.8) is 0 Å². The smallest absolute Gasteiger partial charge is 0.0589 e. The van der Waals surface area contributed by atoms with E-state index in [1.165, 1.54) is 5.56 Å². The molecule has 0 saturated carbocycles. The van der Waals surface area contributed by atoms with E-state index in [2.05, 4.69) is 24.8 Å². The Balaban J connectivity index is 2.17. The fourth-order valence-electron chi connectivity index (χ4n) is 2.81. The van der Waals surface area contributed by atoms with Crippen molar-refractivity contribution < 1.29 is 5.11 Å². The molecule has 3 heteroatoms. The molecule has 1 aliphatic heterocycles. The molecular weight excluding hydrogens is 212 g/mol. The highest BCUT2D eigenvalue weighted by Crippen LogP contribution is 2.32. The molecule has 3 unspecified atom stereocenters. The Hall–Kier alpha value is -1.06. The first kappa shape index (κ1) is 12.4. The van der Waals surface area contributed by atoms with Crippen LogP contribution in [-0.4, -0.2) is 29.2 Å². The number of rotatable bonds is 3. The average molecular weight is 234 g/mol. The van der Waals surface area contributed by atoms with E-state index in [0.717, 1.165) is 18.7 Å².